The van der Waals surface area contributed by atoms with Crippen LogP contribution in [0.25, 0.3) is 5.69 Å². The highest BCUT2D eigenvalue weighted by Crippen LogP contribution is 2.31. The highest BCUT2D eigenvalue weighted by atomic mass is 35.5. The molecule has 0 saturated heterocycles. The first-order chi connectivity index (χ1) is 13.1. The fourth-order valence-electron chi connectivity index (χ4n) is 2.95. The van der Waals surface area contributed by atoms with E-state index >= 15 is 0 Å². The van der Waals surface area contributed by atoms with Crippen molar-refractivity contribution in [1.29, 1.82) is 0 Å². The zero-order valence-corrected chi connectivity index (χ0v) is 15.5. The summed E-state index contributed by atoms with van der Waals surface area (Å²) >= 11 is 6.02. The Hall–Kier alpha value is -2.99. The largest absolute Gasteiger partial charge is 0.486 e. The molecule has 0 fully saturated rings. The van der Waals surface area contributed by atoms with E-state index in [1.807, 2.05) is 36.4 Å². The summed E-state index contributed by atoms with van der Waals surface area (Å²) in [5.74, 6) is 1.29. The molecule has 7 heteroatoms. The molecule has 1 unspecified atom stereocenters. The molecule has 4 rings (SSSR count). The summed E-state index contributed by atoms with van der Waals surface area (Å²) < 4.78 is 13.3. The van der Waals surface area contributed by atoms with Crippen molar-refractivity contribution in [2.24, 2.45) is 0 Å². The predicted octanol–water partition coefficient (Wildman–Crippen LogP) is 3.44. The molecule has 27 heavy (non-hydrogen) atoms. The third-order valence-electron chi connectivity index (χ3n) is 4.29. The van der Waals surface area contributed by atoms with E-state index in [0.717, 1.165) is 11.4 Å². The van der Waals surface area contributed by atoms with Crippen LogP contribution >= 0.6 is 11.6 Å². The van der Waals surface area contributed by atoms with E-state index < -0.39 is 0 Å². The van der Waals surface area contributed by atoms with Crippen LogP contribution in [0.15, 0.2) is 60.9 Å². The first-order valence-electron chi connectivity index (χ1n) is 8.55. The third kappa shape index (κ3) is 3.75. The number of aromatic nitrogens is 2. The average molecular weight is 384 g/mol. The topological polar surface area (TPSA) is 56.6 Å². The van der Waals surface area contributed by atoms with Gasteiger partial charge in [-0.05, 0) is 30.3 Å². The Balaban J connectivity index is 1.43. The van der Waals surface area contributed by atoms with Crippen molar-refractivity contribution in [3.05, 3.63) is 71.5 Å². The number of hydrogen-bond acceptors (Lipinski definition) is 4. The number of ether oxygens (including phenoxy) is 2. The van der Waals surface area contributed by atoms with Crippen molar-refractivity contribution in [1.82, 2.24) is 14.7 Å². The second-order valence-corrected chi connectivity index (χ2v) is 6.77. The van der Waals surface area contributed by atoms with Crippen LogP contribution in [0.5, 0.6) is 11.5 Å². The Morgan fingerprint density at radius 2 is 2.07 bits per heavy atom. The first-order valence-corrected chi connectivity index (χ1v) is 8.92. The smallest absolute Gasteiger partial charge is 0.256 e. The maximum absolute atomic E-state index is 12.7. The summed E-state index contributed by atoms with van der Waals surface area (Å²) in [7, 11) is 1.74. The molecule has 0 N–H and O–H groups in total. The number of likely N-dealkylation sites (N-methyl/N-ethyl adjacent to an activating group) is 1. The van der Waals surface area contributed by atoms with E-state index in [1.165, 1.54) is 0 Å². The average Bonchev–Trinajstić information content (AvgIpc) is 3.17. The van der Waals surface area contributed by atoms with E-state index in [1.54, 1.807) is 41.2 Å². The van der Waals surface area contributed by atoms with Gasteiger partial charge in [-0.3, -0.25) is 4.79 Å². The molecule has 1 aromatic heterocycles. The van der Waals surface area contributed by atoms with E-state index in [0.29, 0.717) is 29.5 Å². The van der Waals surface area contributed by atoms with Gasteiger partial charge in [0.2, 0.25) is 0 Å². The lowest BCUT2D eigenvalue weighted by Crippen LogP contribution is -2.41. The quantitative estimate of drug-likeness (QED) is 0.692. The van der Waals surface area contributed by atoms with Gasteiger partial charge in [0, 0.05) is 18.3 Å². The molecule has 138 valence electrons. The van der Waals surface area contributed by atoms with Crippen LogP contribution < -0.4 is 9.47 Å². The SMILES string of the molecule is CN(CC1COc2ccccc2O1)C(=O)c1cnn(-c2cccc(Cl)c2)c1. The molecule has 0 saturated carbocycles. The lowest BCUT2D eigenvalue weighted by Gasteiger charge is -2.29. The van der Waals surface area contributed by atoms with Crippen molar-refractivity contribution in [3.63, 3.8) is 0 Å². The number of hydrogen-bond donors (Lipinski definition) is 0. The van der Waals surface area contributed by atoms with Crippen LogP contribution in [0.3, 0.4) is 0 Å². The van der Waals surface area contributed by atoms with Gasteiger partial charge in [-0.25, -0.2) is 4.68 Å². The normalized spacial score (nSPS) is 15.4. The van der Waals surface area contributed by atoms with Crippen LogP contribution in [-0.4, -0.2) is 46.9 Å². The van der Waals surface area contributed by atoms with E-state index in [4.69, 9.17) is 21.1 Å². The number of rotatable bonds is 4. The van der Waals surface area contributed by atoms with E-state index in [-0.39, 0.29) is 12.0 Å². The van der Waals surface area contributed by atoms with Gasteiger partial charge in [0.1, 0.15) is 6.61 Å². The highest BCUT2D eigenvalue weighted by molar-refractivity contribution is 6.30. The molecule has 0 aliphatic carbocycles. The minimum Gasteiger partial charge on any atom is -0.486 e. The van der Waals surface area contributed by atoms with Gasteiger partial charge in [-0.1, -0.05) is 29.8 Å². The van der Waals surface area contributed by atoms with Crippen LogP contribution in [0.4, 0.5) is 0 Å². The molecular weight excluding hydrogens is 366 g/mol. The molecule has 2 aromatic carbocycles. The van der Waals surface area contributed by atoms with Crippen LogP contribution in [0, 0.1) is 0 Å². The fourth-order valence-corrected chi connectivity index (χ4v) is 3.14. The lowest BCUT2D eigenvalue weighted by molar-refractivity contribution is 0.0521. The highest BCUT2D eigenvalue weighted by Gasteiger charge is 2.24. The summed E-state index contributed by atoms with van der Waals surface area (Å²) in [6, 6.07) is 14.8. The van der Waals surface area contributed by atoms with E-state index in [9.17, 15) is 4.79 Å². The molecule has 1 amide bonds. The minimum atomic E-state index is -0.225. The lowest BCUT2D eigenvalue weighted by atomic mass is 10.2. The third-order valence-corrected chi connectivity index (χ3v) is 4.53. The first kappa shape index (κ1) is 17.4. The maximum Gasteiger partial charge on any atom is 0.256 e. The Kier molecular flexibility index (Phi) is 4.73. The summed E-state index contributed by atoms with van der Waals surface area (Å²) in [5, 5.41) is 4.88. The summed E-state index contributed by atoms with van der Waals surface area (Å²) in [6.45, 7) is 0.811. The zero-order valence-electron chi connectivity index (χ0n) is 14.7. The Labute approximate surface area is 161 Å². The van der Waals surface area contributed by atoms with Gasteiger partial charge in [-0.2, -0.15) is 5.10 Å². The van der Waals surface area contributed by atoms with Gasteiger partial charge in [-0.15, -0.1) is 0 Å². The van der Waals surface area contributed by atoms with E-state index in [2.05, 4.69) is 5.10 Å². The molecule has 6 nitrogen and oxygen atoms in total. The molecule has 3 aromatic rings. The molecule has 0 spiro atoms. The van der Waals surface area contributed by atoms with Crippen molar-refractivity contribution in [2.75, 3.05) is 20.2 Å². The number of nitrogens with zero attached hydrogens (tertiary/aromatic N) is 3. The number of fused-ring (bicyclic) bond motifs is 1. The Morgan fingerprint density at radius 3 is 2.89 bits per heavy atom. The van der Waals surface area contributed by atoms with Gasteiger partial charge in [0.15, 0.2) is 17.6 Å². The van der Waals surface area contributed by atoms with Gasteiger partial charge in [0.25, 0.3) is 5.91 Å². The van der Waals surface area contributed by atoms with Gasteiger partial charge >= 0.3 is 0 Å². The molecule has 1 aliphatic rings. The van der Waals surface area contributed by atoms with Crippen molar-refractivity contribution in [3.8, 4) is 17.2 Å². The summed E-state index contributed by atoms with van der Waals surface area (Å²) in [6.07, 6.45) is 3.02. The molecule has 0 bridgehead atoms. The number of para-hydroxylation sites is 2. The van der Waals surface area contributed by atoms with Crippen LogP contribution in [0.2, 0.25) is 5.02 Å². The number of carbonyl (C=O) groups excluding carboxylic acids is 1. The van der Waals surface area contributed by atoms with Crippen LogP contribution in [-0.2, 0) is 0 Å². The number of benzene rings is 2. The second-order valence-electron chi connectivity index (χ2n) is 6.34. The Bertz CT molecular complexity index is 972. The second kappa shape index (κ2) is 7.32. The number of carbonyl (C=O) groups is 1. The van der Waals surface area contributed by atoms with Crippen molar-refractivity contribution < 1.29 is 14.3 Å². The summed E-state index contributed by atoms with van der Waals surface area (Å²) in [5.41, 5.74) is 1.29. The molecule has 0 radical (unpaired) electrons. The summed E-state index contributed by atoms with van der Waals surface area (Å²) in [4.78, 5) is 14.3. The van der Waals surface area contributed by atoms with Crippen molar-refractivity contribution in [2.45, 2.75) is 6.10 Å². The van der Waals surface area contributed by atoms with Gasteiger partial charge < -0.3 is 14.4 Å². The standard InChI is InChI=1S/C20H18ClN3O3/c1-23(12-17-13-26-18-7-2-3-8-19(18)27-17)20(25)14-10-22-24(11-14)16-6-4-5-15(21)9-16/h2-11,17H,12-13H2,1H3. The maximum atomic E-state index is 12.7. The number of halogens is 1. The Morgan fingerprint density at radius 1 is 1.26 bits per heavy atom. The zero-order chi connectivity index (χ0) is 18.8. The van der Waals surface area contributed by atoms with Gasteiger partial charge in [0.05, 0.1) is 24.0 Å². The predicted molar refractivity (Wildman–Crippen MR) is 102 cm³/mol. The minimum absolute atomic E-state index is 0.134. The molecule has 1 aliphatic heterocycles. The molecule has 1 atom stereocenters. The monoisotopic (exact) mass is 383 g/mol. The fraction of sp³-hybridized carbons (Fsp3) is 0.200. The molecule has 2 heterocycles. The molecular formula is C20H18ClN3O3. The van der Waals surface area contributed by atoms with Crippen molar-refractivity contribution >= 4 is 17.5 Å². The number of amides is 1. The van der Waals surface area contributed by atoms with Crippen LogP contribution in [0.1, 0.15) is 10.4 Å².